The van der Waals surface area contributed by atoms with Gasteiger partial charge in [-0.1, -0.05) is 250 Å². The van der Waals surface area contributed by atoms with Gasteiger partial charge in [0.05, 0.1) is 22.2 Å². The normalized spacial score (nSPS) is 14.4. The van der Waals surface area contributed by atoms with Gasteiger partial charge in [-0.3, -0.25) is 0 Å². The van der Waals surface area contributed by atoms with Gasteiger partial charge in [0.15, 0.2) is 0 Å². The molecular weight excluding hydrogens is 1030 g/mol. The zero-order valence-electron chi connectivity index (χ0n) is 47.3. The van der Waals surface area contributed by atoms with Crippen molar-refractivity contribution in [3.8, 4) is 55.6 Å². The molecular formula is C82H58N2O. The van der Waals surface area contributed by atoms with Crippen LogP contribution in [0.1, 0.15) is 47.2 Å². The Labute approximate surface area is 496 Å². The number of hydrogen-bond donors (Lipinski definition) is 0. The van der Waals surface area contributed by atoms with E-state index in [1.807, 2.05) is 0 Å². The molecule has 0 spiro atoms. The van der Waals surface area contributed by atoms with Crippen molar-refractivity contribution in [3.63, 3.8) is 0 Å². The number of benzene rings is 13. The molecule has 1 aromatic heterocycles. The third kappa shape index (κ3) is 7.95. The van der Waals surface area contributed by atoms with Crippen LogP contribution in [-0.4, -0.2) is 0 Å². The van der Waals surface area contributed by atoms with Gasteiger partial charge in [-0.2, -0.15) is 0 Å². The number of nitrogens with zero attached hydrogens (tertiary/aromatic N) is 2. The van der Waals surface area contributed by atoms with Crippen LogP contribution in [0.5, 0.6) is 0 Å². The van der Waals surface area contributed by atoms with E-state index in [1.54, 1.807) is 0 Å². The summed E-state index contributed by atoms with van der Waals surface area (Å²) in [5.74, 6) is 0. The Kier molecular flexibility index (Phi) is 11.8. The summed E-state index contributed by atoms with van der Waals surface area (Å²) in [6, 6.07) is 116. The number of rotatable bonds is 11. The topological polar surface area (TPSA) is 19.6 Å². The fourth-order valence-electron chi connectivity index (χ4n) is 14.3. The van der Waals surface area contributed by atoms with Gasteiger partial charge in [0.25, 0.3) is 0 Å². The van der Waals surface area contributed by atoms with Crippen LogP contribution in [-0.2, 0) is 10.8 Å². The smallest absolute Gasteiger partial charge is 0.137 e. The van der Waals surface area contributed by atoms with E-state index >= 15 is 0 Å². The summed E-state index contributed by atoms with van der Waals surface area (Å²) in [5, 5.41) is 2.17. The Morgan fingerprint density at radius 2 is 0.788 bits per heavy atom. The van der Waals surface area contributed by atoms with E-state index in [0.29, 0.717) is 0 Å². The first-order valence-corrected chi connectivity index (χ1v) is 29.5. The van der Waals surface area contributed by atoms with Gasteiger partial charge in [-0.15, -0.1) is 0 Å². The van der Waals surface area contributed by atoms with Gasteiger partial charge in [-0.25, -0.2) is 0 Å². The van der Waals surface area contributed by atoms with Gasteiger partial charge in [0, 0.05) is 39.1 Å². The van der Waals surface area contributed by atoms with Gasteiger partial charge in [0.2, 0.25) is 0 Å². The Hall–Kier alpha value is -10.7. The van der Waals surface area contributed by atoms with E-state index < -0.39 is 5.41 Å². The van der Waals surface area contributed by atoms with Crippen LogP contribution in [0, 0.1) is 0 Å². The minimum absolute atomic E-state index is 0.130. The van der Waals surface area contributed by atoms with Crippen molar-refractivity contribution in [2.75, 3.05) is 9.80 Å². The highest BCUT2D eigenvalue weighted by Gasteiger charge is 2.47. The van der Waals surface area contributed by atoms with Crippen molar-refractivity contribution in [1.29, 1.82) is 0 Å². The van der Waals surface area contributed by atoms with Gasteiger partial charge >= 0.3 is 0 Å². The van der Waals surface area contributed by atoms with E-state index in [1.165, 1.54) is 66.8 Å². The molecule has 0 bridgehead atoms. The van der Waals surface area contributed by atoms with Gasteiger partial charge in [0.1, 0.15) is 11.2 Å². The van der Waals surface area contributed by atoms with Gasteiger partial charge in [-0.05, 0) is 162 Å². The predicted molar refractivity (Wildman–Crippen MR) is 354 cm³/mol. The zero-order valence-corrected chi connectivity index (χ0v) is 47.3. The summed E-state index contributed by atoms with van der Waals surface area (Å²) < 4.78 is 6.62. The first kappa shape index (κ1) is 50.0. The molecule has 85 heavy (non-hydrogen) atoms. The summed E-state index contributed by atoms with van der Waals surface area (Å²) >= 11 is 0. The first-order valence-electron chi connectivity index (χ1n) is 29.5. The number of para-hydroxylation sites is 2. The van der Waals surface area contributed by atoms with E-state index in [2.05, 4.69) is 339 Å². The molecule has 0 N–H and O–H groups in total. The molecule has 3 nitrogen and oxygen atoms in total. The molecule has 402 valence electrons. The third-order valence-electron chi connectivity index (χ3n) is 18.1. The molecule has 0 amide bonds. The highest BCUT2D eigenvalue weighted by atomic mass is 16.3. The average Bonchev–Trinajstić information content (AvgIpc) is 1.75. The maximum absolute atomic E-state index is 6.62. The Bertz CT molecular complexity index is 4850. The van der Waals surface area contributed by atoms with Crippen molar-refractivity contribution >= 4 is 56.1 Å². The lowest BCUT2D eigenvalue weighted by Gasteiger charge is -2.35. The Balaban J connectivity index is 0.897. The molecule has 1 heterocycles. The predicted octanol–water partition coefficient (Wildman–Crippen LogP) is 22.2. The minimum Gasteiger partial charge on any atom is -0.456 e. The SMILES string of the molecule is CC1(C)c2ccccc2-c2cc(N(c3ccc(-c4cccc(C5(c6ccccc6)c6ccccc6-c6c(N(c7ccccc7)c7ccc(-c8ccccc8)cc7)cccc65)c4)c(-c4ccccc4)c3)c3cccc4oc5ccccc5c34)ccc21. The van der Waals surface area contributed by atoms with Crippen molar-refractivity contribution in [2.45, 2.75) is 24.7 Å². The highest BCUT2D eigenvalue weighted by molar-refractivity contribution is 6.13. The highest BCUT2D eigenvalue weighted by Crippen LogP contribution is 2.60. The minimum atomic E-state index is -0.685. The van der Waals surface area contributed by atoms with E-state index in [-0.39, 0.29) is 5.41 Å². The second-order valence-electron chi connectivity index (χ2n) is 23.1. The largest absolute Gasteiger partial charge is 0.456 e. The number of hydrogen-bond acceptors (Lipinski definition) is 3. The van der Waals surface area contributed by atoms with E-state index in [9.17, 15) is 0 Å². The van der Waals surface area contributed by atoms with Crippen LogP contribution >= 0.6 is 0 Å². The standard InChI is InChI=1S/C82H58N2O/c1-81(2)71-37-18-15-34-66(71)70-54-64(49-51-72(70)81)84(76-41-23-43-78-80(76)68-36-17-20-42-77(68)85-78)63-48-50-65(69(53-63)57-26-9-4-10-27-57)58-28-21-31-60(52-58)82(59-29-11-5-12-30-59)73-38-19-16-35-67(73)79-74(82)39-22-40-75(79)83(61-32-13-6-14-33-61)62-46-44-56(45-47-62)55-24-7-3-8-25-55/h3-54H,1-2H3. The maximum Gasteiger partial charge on any atom is 0.137 e. The number of fused-ring (bicyclic) bond motifs is 9. The van der Waals surface area contributed by atoms with Gasteiger partial charge < -0.3 is 14.2 Å². The molecule has 0 radical (unpaired) electrons. The molecule has 16 rings (SSSR count). The molecule has 0 fully saturated rings. The molecule has 0 saturated heterocycles. The molecule has 3 heteroatoms. The molecule has 0 aliphatic heterocycles. The van der Waals surface area contributed by atoms with E-state index in [4.69, 9.17) is 4.42 Å². The monoisotopic (exact) mass is 1090 g/mol. The lowest BCUT2D eigenvalue weighted by molar-refractivity contribution is 0.660. The van der Waals surface area contributed by atoms with Crippen molar-refractivity contribution in [1.82, 2.24) is 0 Å². The molecule has 2 aliphatic carbocycles. The van der Waals surface area contributed by atoms with Crippen LogP contribution in [0.4, 0.5) is 34.1 Å². The van der Waals surface area contributed by atoms with Crippen LogP contribution in [0.25, 0.3) is 77.6 Å². The lowest BCUT2D eigenvalue weighted by atomic mass is 9.67. The summed E-state index contributed by atoms with van der Waals surface area (Å²) in [7, 11) is 0. The quantitative estimate of drug-likeness (QED) is 0.129. The first-order chi connectivity index (χ1) is 41.9. The summed E-state index contributed by atoms with van der Waals surface area (Å²) in [6.45, 7) is 4.70. The molecule has 14 aromatic rings. The molecule has 13 aromatic carbocycles. The van der Waals surface area contributed by atoms with Crippen LogP contribution in [0.15, 0.2) is 320 Å². The lowest BCUT2D eigenvalue weighted by Crippen LogP contribution is -2.28. The van der Waals surface area contributed by atoms with Crippen molar-refractivity contribution < 1.29 is 4.42 Å². The van der Waals surface area contributed by atoms with Crippen LogP contribution in [0.3, 0.4) is 0 Å². The third-order valence-corrected chi connectivity index (χ3v) is 18.1. The van der Waals surface area contributed by atoms with Crippen LogP contribution in [0.2, 0.25) is 0 Å². The maximum atomic E-state index is 6.62. The second kappa shape index (κ2) is 20.0. The van der Waals surface area contributed by atoms with E-state index in [0.717, 1.165) is 78.3 Å². The average molecular weight is 1090 g/mol. The second-order valence-corrected chi connectivity index (χ2v) is 23.1. The molecule has 1 atom stereocenters. The Morgan fingerprint density at radius 1 is 0.282 bits per heavy atom. The zero-order chi connectivity index (χ0) is 56.6. The van der Waals surface area contributed by atoms with Crippen molar-refractivity contribution in [2.24, 2.45) is 0 Å². The molecule has 2 aliphatic rings. The molecule has 0 saturated carbocycles. The number of anilines is 6. The molecule has 1 unspecified atom stereocenters. The van der Waals surface area contributed by atoms with Crippen molar-refractivity contribution in [3.05, 3.63) is 349 Å². The van der Waals surface area contributed by atoms with Crippen LogP contribution < -0.4 is 9.80 Å². The fourth-order valence-corrected chi connectivity index (χ4v) is 14.3. The summed E-state index contributed by atoms with van der Waals surface area (Å²) in [5.41, 5.74) is 26.9. The fraction of sp³-hybridized carbons (Fsp3) is 0.0488. The Morgan fingerprint density at radius 3 is 1.56 bits per heavy atom. The number of furan rings is 1. The summed E-state index contributed by atoms with van der Waals surface area (Å²) in [6.07, 6.45) is 0. The summed E-state index contributed by atoms with van der Waals surface area (Å²) in [4.78, 5) is 4.90.